The lowest BCUT2D eigenvalue weighted by atomic mass is 9.94. The van der Waals surface area contributed by atoms with E-state index in [9.17, 15) is 27.1 Å². The summed E-state index contributed by atoms with van der Waals surface area (Å²) >= 11 is 0. The maximum Gasteiger partial charge on any atom is 0.336 e. The third kappa shape index (κ3) is 2.57. The van der Waals surface area contributed by atoms with Crippen LogP contribution in [0.25, 0.3) is 0 Å². The quantitative estimate of drug-likeness (QED) is 0.820. The summed E-state index contributed by atoms with van der Waals surface area (Å²) in [6, 6.07) is 1.82. The summed E-state index contributed by atoms with van der Waals surface area (Å²) < 4.78 is 63.1. The Morgan fingerprint density at radius 2 is 1.53 bits per heavy atom. The van der Waals surface area contributed by atoms with Gasteiger partial charge in [0.1, 0.15) is 11.9 Å². The highest BCUT2D eigenvalue weighted by molar-refractivity contribution is 5.37. The summed E-state index contributed by atoms with van der Waals surface area (Å²) in [5.74, 6) is -5.23. The number of hydrogen-bond donors (Lipinski definition) is 1. The van der Waals surface area contributed by atoms with E-state index in [1.807, 2.05) is 0 Å². The average molecular weight is 254 g/mol. The molecule has 6 heteroatoms. The number of rotatable bonds is 3. The van der Waals surface area contributed by atoms with Crippen molar-refractivity contribution in [2.75, 3.05) is 0 Å². The molecule has 0 fully saturated rings. The van der Waals surface area contributed by atoms with Crippen LogP contribution in [0.15, 0.2) is 12.1 Å². The van der Waals surface area contributed by atoms with Crippen molar-refractivity contribution in [1.29, 1.82) is 0 Å². The Morgan fingerprint density at radius 3 is 1.88 bits per heavy atom. The molecule has 1 rings (SSSR count). The van der Waals surface area contributed by atoms with Crippen molar-refractivity contribution in [3.63, 3.8) is 0 Å². The predicted octanol–water partition coefficient (Wildman–Crippen LogP) is 3.38. The molecule has 0 radical (unpaired) electrons. The van der Waals surface area contributed by atoms with E-state index in [1.54, 1.807) is 0 Å². The summed E-state index contributed by atoms with van der Waals surface area (Å²) in [6.45, 7) is 2.55. The van der Waals surface area contributed by atoms with Gasteiger partial charge in [-0.2, -0.15) is 8.78 Å². The second-order valence-electron chi connectivity index (χ2n) is 3.83. The van der Waals surface area contributed by atoms with Gasteiger partial charge in [-0.1, -0.05) is 0 Å². The fraction of sp³-hybridized carbons (Fsp3) is 0.455. The molecule has 0 amide bonds. The van der Waals surface area contributed by atoms with E-state index in [2.05, 4.69) is 0 Å². The van der Waals surface area contributed by atoms with Crippen LogP contribution in [0.5, 0.6) is 0 Å². The number of alkyl halides is 4. The molecular weight excluding hydrogens is 243 g/mol. The van der Waals surface area contributed by atoms with Gasteiger partial charge in [0.15, 0.2) is 0 Å². The van der Waals surface area contributed by atoms with Gasteiger partial charge in [0, 0.05) is 0 Å². The van der Waals surface area contributed by atoms with Crippen LogP contribution >= 0.6 is 0 Å². The number of aryl methyl sites for hydroxylation is 2. The van der Waals surface area contributed by atoms with E-state index in [4.69, 9.17) is 0 Å². The molecular formula is C11H11F5O. The molecule has 0 spiro atoms. The van der Waals surface area contributed by atoms with Gasteiger partial charge in [-0.25, -0.2) is 13.2 Å². The van der Waals surface area contributed by atoms with Crippen LogP contribution < -0.4 is 0 Å². The fourth-order valence-corrected chi connectivity index (χ4v) is 1.66. The summed E-state index contributed by atoms with van der Waals surface area (Å²) in [7, 11) is 0. The van der Waals surface area contributed by atoms with Crippen LogP contribution in [0.3, 0.4) is 0 Å². The first-order valence-electron chi connectivity index (χ1n) is 4.78. The molecule has 0 aliphatic rings. The maximum atomic E-state index is 13.0. The highest BCUT2D eigenvalue weighted by Gasteiger charge is 2.49. The summed E-state index contributed by atoms with van der Waals surface area (Å²) in [5, 5.41) is 9.32. The second kappa shape index (κ2) is 4.60. The molecule has 0 bridgehead atoms. The molecule has 1 N–H and O–H groups in total. The molecule has 0 saturated carbocycles. The van der Waals surface area contributed by atoms with Crippen LogP contribution in [0.1, 0.15) is 22.8 Å². The van der Waals surface area contributed by atoms with Crippen molar-refractivity contribution in [2.24, 2.45) is 0 Å². The molecule has 1 aromatic carbocycles. The van der Waals surface area contributed by atoms with E-state index in [0.29, 0.717) is 0 Å². The van der Waals surface area contributed by atoms with Crippen LogP contribution in [-0.2, 0) is 0 Å². The number of benzene rings is 1. The summed E-state index contributed by atoms with van der Waals surface area (Å²) in [6.07, 6.45) is -6.63. The van der Waals surface area contributed by atoms with Gasteiger partial charge in [0.25, 0.3) is 0 Å². The monoisotopic (exact) mass is 254 g/mol. The first kappa shape index (κ1) is 13.9. The molecule has 96 valence electrons. The van der Waals surface area contributed by atoms with Crippen LogP contribution in [0, 0.1) is 19.7 Å². The molecule has 17 heavy (non-hydrogen) atoms. The zero-order valence-corrected chi connectivity index (χ0v) is 9.15. The lowest BCUT2D eigenvalue weighted by Crippen LogP contribution is -2.35. The first-order chi connectivity index (χ1) is 7.67. The van der Waals surface area contributed by atoms with Crippen molar-refractivity contribution in [3.8, 4) is 0 Å². The largest absolute Gasteiger partial charge is 0.382 e. The van der Waals surface area contributed by atoms with Gasteiger partial charge in [0.05, 0.1) is 0 Å². The topological polar surface area (TPSA) is 20.2 Å². The fourth-order valence-electron chi connectivity index (χ4n) is 1.66. The Kier molecular flexibility index (Phi) is 3.76. The van der Waals surface area contributed by atoms with Crippen LogP contribution in [-0.4, -0.2) is 17.5 Å². The van der Waals surface area contributed by atoms with Crippen molar-refractivity contribution >= 4 is 0 Å². The van der Waals surface area contributed by atoms with Crippen LogP contribution in [0.4, 0.5) is 22.0 Å². The Bertz CT molecular complexity index is 393. The molecule has 0 aliphatic carbocycles. The Hall–Kier alpha value is -1.17. The van der Waals surface area contributed by atoms with Crippen molar-refractivity contribution in [3.05, 3.63) is 34.6 Å². The van der Waals surface area contributed by atoms with Gasteiger partial charge >= 0.3 is 12.3 Å². The normalized spacial score (nSPS) is 14.2. The molecule has 1 unspecified atom stereocenters. The highest BCUT2D eigenvalue weighted by atomic mass is 19.3. The molecule has 0 aromatic heterocycles. The number of aliphatic hydroxyl groups is 1. The van der Waals surface area contributed by atoms with E-state index in [0.717, 1.165) is 12.1 Å². The van der Waals surface area contributed by atoms with Crippen molar-refractivity contribution in [2.45, 2.75) is 32.3 Å². The third-order valence-corrected chi connectivity index (χ3v) is 2.49. The van der Waals surface area contributed by atoms with E-state index in [-0.39, 0.29) is 16.7 Å². The minimum absolute atomic E-state index is 0.00956. The molecule has 1 atom stereocenters. The Morgan fingerprint density at radius 1 is 1.12 bits per heavy atom. The first-order valence-corrected chi connectivity index (χ1v) is 4.78. The van der Waals surface area contributed by atoms with Gasteiger partial charge in [-0.15, -0.1) is 0 Å². The predicted molar refractivity (Wildman–Crippen MR) is 51.8 cm³/mol. The van der Waals surface area contributed by atoms with Crippen molar-refractivity contribution in [1.82, 2.24) is 0 Å². The minimum Gasteiger partial charge on any atom is -0.382 e. The Labute approximate surface area is 94.9 Å². The van der Waals surface area contributed by atoms with Crippen LogP contribution in [0.2, 0.25) is 0 Å². The van der Waals surface area contributed by atoms with Gasteiger partial charge in [-0.3, -0.25) is 0 Å². The number of halogens is 5. The molecule has 0 heterocycles. The standard InChI is InChI=1S/C11H11F5O/c1-5-3-7(12)4-6(2)8(5)9(17)11(15,16)10(13)14/h3-4,9-10,17H,1-2H3. The second-order valence-corrected chi connectivity index (χ2v) is 3.83. The SMILES string of the molecule is Cc1cc(F)cc(C)c1C(O)C(F)(F)C(F)F. The molecule has 0 aliphatic heterocycles. The zero-order valence-electron chi connectivity index (χ0n) is 9.15. The third-order valence-electron chi connectivity index (χ3n) is 2.49. The average Bonchev–Trinajstić information content (AvgIpc) is 2.15. The maximum absolute atomic E-state index is 13.0. The summed E-state index contributed by atoms with van der Waals surface area (Å²) in [4.78, 5) is 0. The lowest BCUT2D eigenvalue weighted by molar-refractivity contribution is -0.194. The molecule has 1 nitrogen and oxygen atoms in total. The van der Waals surface area contributed by atoms with Gasteiger partial charge in [0.2, 0.25) is 0 Å². The zero-order chi connectivity index (χ0) is 13.4. The minimum atomic E-state index is -4.56. The van der Waals surface area contributed by atoms with E-state index in [1.165, 1.54) is 13.8 Å². The summed E-state index contributed by atoms with van der Waals surface area (Å²) in [5.41, 5.74) is -0.345. The van der Waals surface area contributed by atoms with E-state index >= 15 is 0 Å². The van der Waals surface area contributed by atoms with Gasteiger partial charge < -0.3 is 5.11 Å². The Balaban J connectivity index is 3.26. The number of aliphatic hydroxyl groups excluding tert-OH is 1. The number of hydrogen-bond acceptors (Lipinski definition) is 1. The lowest BCUT2D eigenvalue weighted by Gasteiger charge is -2.24. The van der Waals surface area contributed by atoms with Gasteiger partial charge in [-0.05, 0) is 42.7 Å². The van der Waals surface area contributed by atoms with E-state index < -0.39 is 24.3 Å². The smallest absolute Gasteiger partial charge is 0.336 e. The highest BCUT2D eigenvalue weighted by Crippen LogP contribution is 2.39. The molecule has 0 saturated heterocycles. The molecule has 1 aromatic rings. The van der Waals surface area contributed by atoms with Crippen molar-refractivity contribution < 1.29 is 27.1 Å².